The van der Waals surface area contributed by atoms with E-state index in [-0.39, 0.29) is 12.2 Å². The second kappa shape index (κ2) is 8.71. The molecule has 2 aliphatic rings. The molecule has 160 valence electrons. The lowest BCUT2D eigenvalue weighted by molar-refractivity contribution is -0.137. The van der Waals surface area contributed by atoms with Gasteiger partial charge in [-0.05, 0) is 37.1 Å². The van der Waals surface area contributed by atoms with Gasteiger partial charge < -0.3 is 26.9 Å². The fraction of sp³-hybridized carbons (Fsp3) is 0.409. The van der Waals surface area contributed by atoms with Gasteiger partial charge in [0.2, 0.25) is 0 Å². The summed E-state index contributed by atoms with van der Waals surface area (Å²) in [5.41, 5.74) is 10.7. The molecule has 1 atom stereocenters. The lowest BCUT2D eigenvalue weighted by Gasteiger charge is -2.07. The van der Waals surface area contributed by atoms with Crippen molar-refractivity contribution in [2.75, 3.05) is 11.1 Å². The molecule has 5 rings (SSSR count). The zero-order valence-electron chi connectivity index (χ0n) is 17.6. The average molecular weight is 411 g/mol. The van der Waals surface area contributed by atoms with Gasteiger partial charge in [-0.3, -0.25) is 0 Å². The Hall–Kier alpha value is -3.13. The number of aliphatic carboxylic acids is 1. The van der Waals surface area contributed by atoms with E-state index in [1.807, 2.05) is 24.4 Å². The zero-order chi connectivity index (χ0) is 20.5. The number of anilines is 2. The van der Waals surface area contributed by atoms with Crippen LogP contribution in [0.4, 0.5) is 11.5 Å². The van der Waals surface area contributed by atoms with E-state index >= 15 is 0 Å². The minimum absolute atomic E-state index is 0. The molecule has 3 aromatic rings. The Kier molecular flexibility index (Phi) is 6.26. The Morgan fingerprint density at radius 3 is 2.53 bits per heavy atom. The molecular weight excluding hydrogens is 380 g/mol. The maximum atomic E-state index is 11.2. The number of nitrogen functional groups attached to an aromatic ring is 1. The van der Waals surface area contributed by atoms with E-state index in [1.165, 1.54) is 32.0 Å². The standard InChI is InChI=1S/C18H19N5O2.C4H8.H3N/c1-9(2)23-7-12(15-16(19)20-8-21-17(15)23)10-3-4-13-11(5-10)6-14(22-13)18(24)25;1-2-4-3-1;/h3-5,7-9,14,22H,6H2,1-2H3,(H,24,25)(H2,19,20,21);1-4H2;1H3. The van der Waals surface area contributed by atoms with E-state index in [0.29, 0.717) is 12.2 Å². The van der Waals surface area contributed by atoms with Crippen molar-refractivity contribution in [1.82, 2.24) is 20.7 Å². The Bertz CT molecular complexity index is 1050. The summed E-state index contributed by atoms with van der Waals surface area (Å²) >= 11 is 0. The number of hydrogen-bond acceptors (Lipinski definition) is 6. The molecule has 1 aromatic carbocycles. The lowest BCUT2D eigenvalue weighted by atomic mass is 10.0. The molecule has 0 amide bonds. The third-order valence-electron chi connectivity index (χ3n) is 5.66. The number of nitrogens with one attached hydrogen (secondary N) is 1. The number of nitrogens with zero attached hydrogens (tertiary/aromatic N) is 3. The van der Waals surface area contributed by atoms with Crippen molar-refractivity contribution >= 4 is 28.5 Å². The number of fused-ring (bicyclic) bond motifs is 2. The average Bonchev–Trinajstić information content (AvgIpc) is 3.22. The van der Waals surface area contributed by atoms with E-state index in [0.717, 1.165) is 33.4 Å². The molecular formula is C22H30N6O2. The van der Waals surface area contributed by atoms with Crippen molar-refractivity contribution in [2.45, 2.75) is 58.0 Å². The summed E-state index contributed by atoms with van der Waals surface area (Å²) in [7, 11) is 0. The van der Waals surface area contributed by atoms with Crippen LogP contribution in [-0.4, -0.2) is 31.7 Å². The van der Waals surface area contributed by atoms with Gasteiger partial charge in [0.25, 0.3) is 0 Å². The van der Waals surface area contributed by atoms with Crippen LogP contribution in [0.3, 0.4) is 0 Å². The van der Waals surface area contributed by atoms with E-state index < -0.39 is 12.0 Å². The first-order chi connectivity index (χ1) is 14.0. The largest absolute Gasteiger partial charge is 0.480 e. The topological polar surface area (TPSA) is 141 Å². The molecule has 1 fully saturated rings. The smallest absolute Gasteiger partial charge is 0.326 e. The van der Waals surface area contributed by atoms with Crippen molar-refractivity contribution in [3.8, 4) is 11.1 Å². The highest BCUT2D eigenvalue weighted by molar-refractivity contribution is 6.01. The van der Waals surface area contributed by atoms with Crippen LogP contribution in [0.1, 0.15) is 51.1 Å². The SMILES string of the molecule is C1CCC1.CC(C)n1cc(-c2ccc3c(c2)CC(C(=O)O)N3)c2c(N)ncnc21.N. The van der Waals surface area contributed by atoms with Crippen LogP contribution >= 0.6 is 0 Å². The van der Waals surface area contributed by atoms with Crippen molar-refractivity contribution in [1.29, 1.82) is 0 Å². The first-order valence-corrected chi connectivity index (χ1v) is 10.2. The molecule has 0 saturated heterocycles. The van der Waals surface area contributed by atoms with Gasteiger partial charge >= 0.3 is 5.97 Å². The van der Waals surface area contributed by atoms with Crippen LogP contribution in [-0.2, 0) is 11.2 Å². The van der Waals surface area contributed by atoms with Gasteiger partial charge in [0.15, 0.2) is 0 Å². The van der Waals surface area contributed by atoms with E-state index in [9.17, 15) is 9.90 Å². The monoisotopic (exact) mass is 410 g/mol. The van der Waals surface area contributed by atoms with Gasteiger partial charge in [0, 0.05) is 29.9 Å². The molecule has 1 aliphatic heterocycles. The Balaban J connectivity index is 0.000000460. The highest BCUT2D eigenvalue weighted by atomic mass is 16.4. The number of nitrogens with two attached hydrogens (primary N) is 1. The number of carboxylic acid groups (broad SMARTS) is 1. The maximum absolute atomic E-state index is 11.2. The predicted molar refractivity (Wildman–Crippen MR) is 120 cm³/mol. The highest BCUT2D eigenvalue weighted by Crippen LogP contribution is 2.37. The van der Waals surface area contributed by atoms with Gasteiger partial charge in [0.1, 0.15) is 23.8 Å². The molecule has 0 spiro atoms. The summed E-state index contributed by atoms with van der Waals surface area (Å²) in [6, 6.07) is 5.58. The van der Waals surface area contributed by atoms with Crippen molar-refractivity contribution in [2.24, 2.45) is 0 Å². The summed E-state index contributed by atoms with van der Waals surface area (Å²) in [6.07, 6.45) is 9.98. The molecule has 0 bridgehead atoms. The molecule has 30 heavy (non-hydrogen) atoms. The first kappa shape index (κ1) is 21.6. The fourth-order valence-electron chi connectivity index (χ4n) is 3.65. The molecule has 8 nitrogen and oxygen atoms in total. The third kappa shape index (κ3) is 3.95. The van der Waals surface area contributed by atoms with Gasteiger partial charge in [-0.1, -0.05) is 31.7 Å². The highest BCUT2D eigenvalue weighted by Gasteiger charge is 2.27. The summed E-state index contributed by atoms with van der Waals surface area (Å²) in [6.45, 7) is 4.18. The first-order valence-electron chi connectivity index (χ1n) is 10.2. The Labute approximate surface area is 176 Å². The van der Waals surface area contributed by atoms with Crippen molar-refractivity contribution in [3.05, 3.63) is 36.3 Å². The molecule has 7 N–H and O–H groups in total. The van der Waals surface area contributed by atoms with Crippen LogP contribution in [0.25, 0.3) is 22.2 Å². The van der Waals surface area contributed by atoms with E-state index in [4.69, 9.17) is 5.73 Å². The molecule has 0 radical (unpaired) electrons. The van der Waals surface area contributed by atoms with Gasteiger partial charge in [-0.25, -0.2) is 14.8 Å². The summed E-state index contributed by atoms with van der Waals surface area (Å²) < 4.78 is 2.08. The number of rotatable bonds is 3. The molecule has 1 aliphatic carbocycles. The second-order valence-corrected chi connectivity index (χ2v) is 8.03. The molecule has 1 saturated carbocycles. The zero-order valence-corrected chi connectivity index (χ0v) is 17.6. The van der Waals surface area contributed by atoms with Gasteiger partial charge in [-0.15, -0.1) is 0 Å². The number of hydrogen-bond donors (Lipinski definition) is 4. The Morgan fingerprint density at radius 1 is 1.23 bits per heavy atom. The number of benzene rings is 1. The summed E-state index contributed by atoms with van der Waals surface area (Å²) in [4.78, 5) is 19.8. The van der Waals surface area contributed by atoms with E-state index in [1.54, 1.807) is 0 Å². The number of carboxylic acids is 1. The van der Waals surface area contributed by atoms with Crippen LogP contribution in [0.15, 0.2) is 30.7 Å². The maximum Gasteiger partial charge on any atom is 0.326 e. The molecule has 8 heteroatoms. The van der Waals surface area contributed by atoms with Crippen LogP contribution in [0, 0.1) is 0 Å². The summed E-state index contributed by atoms with van der Waals surface area (Å²) in [5, 5.41) is 13.1. The second-order valence-electron chi connectivity index (χ2n) is 8.03. The molecule has 3 heterocycles. The third-order valence-corrected chi connectivity index (χ3v) is 5.66. The van der Waals surface area contributed by atoms with Crippen molar-refractivity contribution in [3.63, 3.8) is 0 Å². The Morgan fingerprint density at radius 2 is 1.93 bits per heavy atom. The van der Waals surface area contributed by atoms with E-state index in [2.05, 4.69) is 33.7 Å². The van der Waals surface area contributed by atoms with Crippen LogP contribution in [0.2, 0.25) is 0 Å². The minimum atomic E-state index is -0.841. The summed E-state index contributed by atoms with van der Waals surface area (Å²) in [5.74, 6) is -0.395. The van der Waals surface area contributed by atoms with Gasteiger partial charge in [-0.2, -0.15) is 0 Å². The normalized spacial score (nSPS) is 16.7. The lowest BCUT2D eigenvalue weighted by Crippen LogP contribution is -2.26. The number of aromatic nitrogens is 3. The van der Waals surface area contributed by atoms with Crippen LogP contribution < -0.4 is 17.2 Å². The quantitative estimate of drug-likeness (QED) is 0.501. The molecule has 2 aromatic heterocycles. The fourth-order valence-corrected chi connectivity index (χ4v) is 3.65. The predicted octanol–water partition coefficient (Wildman–Crippen LogP) is 4.41. The van der Waals surface area contributed by atoms with Gasteiger partial charge in [0.05, 0.1) is 5.39 Å². The minimum Gasteiger partial charge on any atom is -0.480 e. The molecule has 1 unspecified atom stereocenters. The van der Waals surface area contributed by atoms with Crippen LogP contribution in [0.5, 0.6) is 0 Å². The van der Waals surface area contributed by atoms with Crippen molar-refractivity contribution < 1.29 is 9.90 Å². The number of carbonyl (C=O) groups is 1.